The van der Waals surface area contributed by atoms with E-state index in [1.165, 1.54) is 16.0 Å². The number of aryl methyl sites for hydroxylation is 2. The summed E-state index contributed by atoms with van der Waals surface area (Å²) in [5.74, 6) is 0.895. The fourth-order valence-corrected chi connectivity index (χ4v) is 4.50. The summed E-state index contributed by atoms with van der Waals surface area (Å²) in [4.78, 5) is 11.1. The molecule has 0 bridgehead atoms. The number of rotatable bonds is 4. The summed E-state index contributed by atoms with van der Waals surface area (Å²) in [6, 6.07) is 10.6. The van der Waals surface area contributed by atoms with Crippen LogP contribution < -0.4 is 0 Å². The third kappa shape index (κ3) is 3.23. The van der Waals surface area contributed by atoms with Crippen LogP contribution in [0.4, 0.5) is 0 Å². The predicted molar refractivity (Wildman–Crippen MR) is 92.5 cm³/mol. The molecular weight excluding hydrogens is 320 g/mol. The first-order valence-electron chi connectivity index (χ1n) is 6.80. The van der Waals surface area contributed by atoms with Gasteiger partial charge in [-0.3, -0.25) is 0 Å². The number of benzene rings is 1. The Hall–Kier alpha value is -1.10. The third-order valence-electron chi connectivity index (χ3n) is 3.36. The Balaban J connectivity index is 1.93. The molecule has 21 heavy (non-hydrogen) atoms. The monoisotopic (exact) mass is 334 g/mol. The van der Waals surface area contributed by atoms with Gasteiger partial charge in [0.25, 0.3) is 0 Å². The van der Waals surface area contributed by atoms with E-state index in [-0.39, 0.29) is 0 Å². The lowest BCUT2D eigenvalue weighted by Gasteiger charge is -2.06. The molecule has 108 valence electrons. The molecule has 0 amide bonds. The average molecular weight is 335 g/mol. The van der Waals surface area contributed by atoms with E-state index in [0.29, 0.717) is 5.28 Å². The second-order valence-electron chi connectivity index (χ2n) is 4.80. The molecule has 2 aromatic heterocycles. The Labute approximate surface area is 137 Å². The van der Waals surface area contributed by atoms with E-state index in [4.69, 9.17) is 11.6 Å². The molecule has 5 heteroatoms. The first kappa shape index (κ1) is 14.8. The molecule has 1 aromatic carbocycles. The van der Waals surface area contributed by atoms with Crippen molar-refractivity contribution in [2.24, 2.45) is 0 Å². The van der Waals surface area contributed by atoms with Crippen LogP contribution in [-0.4, -0.2) is 9.97 Å². The number of hydrogen-bond acceptors (Lipinski definition) is 4. The molecule has 0 aliphatic carbocycles. The number of aromatic nitrogens is 2. The highest BCUT2D eigenvalue weighted by Crippen LogP contribution is 2.34. The number of thioether (sulfide) groups is 1. The second-order valence-corrected chi connectivity index (χ2v) is 7.22. The number of nitrogens with zero attached hydrogens (tertiary/aromatic N) is 2. The van der Waals surface area contributed by atoms with Gasteiger partial charge in [-0.25, -0.2) is 9.97 Å². The highest BCUT2D eigenvalue weighted by Gasteiger charge is 2.11. The lowest BCUT2D eigenvalue weighted by molar-refractivity contribution is 1.10. The van der Waals surface area contributed by atoms with Crippen molar-refractivity contribution in [1.29, 1.82) is 0 Å². The Kier molecular flexibility index (Phi) is 4.48. The molecule has 0 unspecified atom stereocenters. The van der Waals surface area contributed by atoms with E-state index in [9.17, 15) is 0 Å². The minimum atomic E-state index is 0.333. The SMILES string of the molecule is CCc1cc2c(SCc3ccccc3C)nc(Cl)nc2s1. The van der Waals surface area contributed by atoms with Gasteiger partial charge >= 0.3 is 0 Å². The third-order valence-corrected chi connectivity index (χ3v) is 5.74. The molecule has 0 spiro atoms. The predicted octanol–water partition coefficient (Wildman–Crippen LogP) is 5.51. The minimum absolute atomic E-state index is 0.333. The first-order valence-corrected chi connectivity index (χ1v) is 8.98. The topological polar surface area (TPSA) is 25.8 Å². The van der Waals surface area contributed by atoms with Crippen molar-refractivity contribution in [3.05, 3.63) is 51.6 Å². The van der Waals surface area contributed by atoms with Crippen LogP contribution in [0.3, 0.4) is 0 Å². The zero-order valence-corrected chi connectivity index (χ0v) is 14.3. The molecule has 3 aromatic rings. The fourth-order valence-electron chi connectivity index (χ4n) is 2.12. The standard InChI is InChI=1S/C16H15ClN2S2/c1-3-12-8-13-14(18-16(17)19-15(13)21-12)20-9-11-7-5-4-6-10(11)2/h4-8H,3,9H2,1-2H3. The summed E-state index contributed by atoms with van der Waals surface area (Å²) in [6.45, 7) is 4.29. The second kappa shape index (κ2) is 6.34. The van der Waals surface area contributed by atoms with E-state index in [2.05, 4.69) is 54.1 Å². The Morgan fingerprint density at radius 2 is 2.05 bits per heavy atom. The molecule has 0 aliphatic rings. The molecule has 2 heterocycles. The van der Waals surface area contributed by atoms with Gasteiger partial charge in [-0.15, -0.1) is 23.1 Å². The van der Waals surface area contributed by atoms with Gasteiger partial charge in [0.05, 0.1) is 0 Å². The number of halogens is 1. The number of fused-ring (bicyclic) bond motifs is 1. The average Bonchev–Trinajstić information content (AvgIpc) is 2.89. The Morgan fingerprint density at radius 1 is 1.24 bits per heavy atom. The van der Waals surface area contributed by atoms with Crippen LogP contribution in [0.1, 0.15) is 22.9 Å². The summed E-state index contributed by atoms with van der Waals surface area (Å²) < 4.78 is 0. The number of thiophene rings is 1. The van der Waals surface area contributed by atoms with Crippen molar-refractivity contribution in [3.8, 4) is 0 Å². The van der Waals surface area contributed by atoms with Gasteiger partial charge in [0.2, 0.25) is 5.28 Å². The maximum absolute atomic E-state index is 6.06. The molecule has 0 radical (unpaired) electrons. The zero-order chi connectivity index (χ0) is 14.8. The van der Waals surface area contributed by atoms with Crippen LogP contribution in [-0.2, 0) is 12.2 Å². The quantitative estimate of drug-likeness (QED) is 0.357. The molecular formula is C16H15ClN2S2. The van der Waals surface area contributed by atoms with Crippen molar-refractivity contribution in [1.82, 2.24) is 9.97 Å². The van der Waals surface area contributed by atoms with Gasteiger partial charge in [-0.05, 0) is 42.1 Å². The summed E-state index contributed by atoms with van der Waals surface area (Å²) in [6.07, 6.45) is 1.01. The van der Waals surface area contributed by atoms with E-state index in [1.54, 1.807) is 23.1 Å². The van der Waals surface area contributed by atoms with Crippen LogP contribution in [0.25, 0.3) is 10.2 Å². The van der Waals surface area contributed by atoms with E-state index in [0.717, 1.165) is 27.4 Å². The van der Waals surface area contributed by atoms with Gasteiger partial charge in [-0.1, -0.05) is 31.2 Å². The van der Waals surface area contributed by atoms with E-state index in [1.807, 2.05) is 0 Å². The molecule has 0 fully saturated rings. The van der Waals surface area contributed by atoms with Crippen molar-refractivity contribution >= 4 is 44.9 Å². The Bertz CT molecular complexity index is 783. The van der Waals surface area contributed by atoms with E-state index >= 15 is 0 Å². The lowest BCUT2D eigenvalue weighted by atomic mass is 10.1. The summed E-state index contributed by atoms with van der Waals surface area (Å²) in [5, 5.41) is 2.43. The van der Waals surface area contributed by atoms with Crippen LogP contribution >= 0.6 is 34.7 Å². The van der Waals surface area contributed by atoms with Gasteiger partial charge in [0, 0.05) is 16.0 Å². The van der Waals surface area contributed by atoms with Crippen molar-refractivity contribution in [3.63, 3.8) is 0 Å². The molecule has 0 N–H and O–H groups in total. The van der Waals surface area contributed by atoms with E-state index < -0.39 is 0 Å². The molecule has 3 rings (SSSR count). The first-order chi connectivity index (χ1) is 10.2. The molecule has 0 aliphatic heterocycles. The molecule has 0 atom stereocenters. The van der Waals surface area contributed by atoms with Crippen LogP contribution in [0, 0.1) is 6.92 Å². The smallest absolute Gasteiger partial charge is 0.211 e. The normalized spacial score (nSPS) is 11.2. The summed E-state index contributed by atoms with van der Waals surface area (Å²) in [7, 11) is 0. The summed E-state index contributed by atoms with van der Waals surface area (Å²) >= 11 is 9.49. The van der Waals surface area contributed by atoms with Crippen molar-refractivity contribution < 1.29 is 0 Å². The largest absolute Gasteiger partial charge is 0.224 e. The van der Waals surface area contributed by atoms with Crippen molar-refractivity contribution in [2.45, 2.75) is 31.0 Å². The summed E-state index contributed by atoms with van der Waals surface area (Å²) in [5.41, 5.74) is 2.64. The van der Waals surface area contributed by atoms with Gasteiger partial charge < -0.3 is 0 Å². The molecule has 0 saturated heterocycles. The maximum atomic E-state index is 6.06. The maximum Gasteiger partial charge on any atom is 0.224 e. The highest BCUT2D eigenvalue weighted by molar-refractivity contribution is 7.98. The number of hydrogen-bond donors (Lipinski definition) is 0. The molecule has 0 saturated carbocycles. The van der Waals surface area contributed by atoms with Crippen LogP contribution in [0.2, 0.25) is 5.28 Å². The fraction of sp³-hybridized carbons (Fsp3) is 0.250. The van der Waals surface area contributed by atoms with Gasteiger partial charge in [-0.2, -0.15) is 0 Å². The van der Waals surface area contributed by atoms with Crippen LogP contribution in [0.15, 0.2) is 35.4 Å². The lowest BCUT2D eigenvalue weighted by Crippen LogP contribution is -1.89. The van der Waals surface area contributed by atoms with Crippen LogP contribution in [0.5, 0.6) is 0 Å². The van der Waals surface area contributed by atoms with Gasteiger partial charge in [0.1, 0.15) is 9.86 Å². The highest BCUT2D eigenvalue weighted by atomic mass is 35.5. The van der Waals surface area contributed by atoms with Gasteiger partial charge in [0.15, 0.2) is 0 Å². The Morgan fingerprint density at radius 3 is 2.81 bits per heavy atom. The zero-order valence-electron chi connectivity index (χ0n) is 11.9. The molecule has 2 nitrogen and oxygen atoms in total. The minimum Gasteiger partial charge on any atom is -0.211 e. The van der Waals surface area contributed by atoms with Crippen molar-refractivity contribution in [2.75, 3.05) is 0 Å².